The Morgan fingerprint density at radius 1 is 0.917 bits per heavy atom. The quantitative estimate of drug-likeness (QED) is 0.275. The highest BCUT2D eigenvalue weighted by atomic mass is 16.6. The molecule has 0 bridgehead atoms. The molecule has 0 aromatic heterocycles. The summed E-state index contributed by atoms with van der Waals surface area (Å²) < 4.78 is 21.2. The Morgan fingerprint density at radius 3 is 1.97 bits per heavy atom. The van der Waals surface area contributed by atoms with Crippen LogP contribution in [0.2, 0.25) is 0 Å². The average molecular weight is 508 g/mol. The summed E-state index contributed by atoms with van der Waals surface area (Å²) in [6.07, 6.45) is 3.19. The number of hydrogen-bond donors (Lipinski definition) is 1. The number of carbonyl (C=O) groups is 4. The lowest BCUT2D eigenvalue weighted by Crippen LogP contribution is -2.51. The fourth-order valence-electron chi connectivity index (χ4n) is 3.63. The second-order valence-corrected chi connectivity index (χ2v) is 9.15. The predicted molar refractivity (Wildman–Crippen MR) is 134 cm³/mol. The highest BCUT2D eigenvalue weighted by Gasteiger charge is 2.36. The van der Waals surface area contributed by atoms with Gasteiger partial charge in [-0.25, -0.2) is 0 Å². The molecule has 0 aliphatic carbocycles. The van der Waals surface area contributed by atoms with E-state index in [1.54, 1.807) is 26.8 Å². The molecule has 0 aliphatic rings. The molecule has 0 fully saturated rings. The average Bonchev–Trinajstić information content (AvgIpc) is 2.84. The molecule has 202 valence electrons. The number of benzene rings is 1. The second-order valence-electron chi connectivity index (χ2n) is 9.15. The molecule has 0 radical (unpaired) electrons. The van der Waals surface area contributed by atoms with Crippen LogP contribution in [0.25, 0.3) is 0 Å². The van der Waals surface area contributed by atoms with Crippen molar-refractivity contribution in [3.63, 3.8) is 0 Å². The molecule has 1 aromatic rings. The zero-order valence-corrected chi connectivity index (χ0v) is 22.4. The van der Waals surface area contributed by atoms with Crippen LogP contribution in [0, 0.1) is 11.8 Å². The SMILES string of the molecule is CCCC(C)C(=O)Oc1ccc(C[C@](N)(CCOC(=O)CC)C(=O)OC)cc1OC(=O)C(C)CCC. The summed E-state index contributed by atoms with van der Waals surface area (Å²) in [6, 6.07) is 4.70. The molecule has 1 rings (SSSR count). The van der Waals surface area contributed by atoms with Crippen molar-refractivity contribution in [3.05, 3.63) is 23.8 Å². The molecule has 2 N–H and O–H groups in total. The van der Waals surface area contributed by atoms with Crippen molar-refractivity contribution in [2.75, 3.05) is 13.7 Å². The molecule has 0 heterocycles. The van der Waals surface area contributed by atoms with Crippen molar-refractivity contribution < 1.29 is 38.1 Å². The number of nitrogens with two attached hydrogens (primary N) is 1. The molecule has 3 atom stereocenters. The molecule has 9 heteroatoms. The summed E-state index contributed by atoms with van der Waals surface area (Å²) in [5.74, 6) is -2.44. The van der Waals surface area contributed by atoms with Gasteiger partial charge in [0.2, 0.25) is 0 Å². The Kier molecular flexibility index (Phi) is 13.2. The number of carbonyl (C=O) groups excluding carboxylic acids is 4. The predicted octanol–water partition coefficient (Wildman–Crippen LogP) is 4.13. The monoisotopic (exact) mass is 507 g/mol. The van der Waals surface area contributed by atoms with Gasteiger partial charge in [-0.1, -0.05) is 53.5 Å². The number of hydrogen-bond acceptors (Lipinski definition) is 9. The van der Waals surface area contributed by atoms with Crippen molar-refractivity contribution in [1.29, 1.82) is 0 Å². The van der Waals surface area contributed by atoms with E-state index in [9.17, 15) is 19.2 Å². The minimum absolute atomic E-state index is 0.0128. The zero-order chi connectivity index (χ0) is 27.3. The van der Waals surface area contributed by atoms with Crippen molar-refractivity contribution in [3.8, 4) is 11.5 Å². The van der Waals surface area contributed by atoms with Gasteiger partial charge in [0.25, 0.3) is 0 Å². The first-order valence-electron chi connectivity index (χ1n) is 12.6. The lowest BCUT2D eigenvalue weighted by Gasteiger charge is -2.27. The van der Waals surface area contributed by atoms with Crippen LogP contribution >= 0.6 is 0 Å². The summed E-state index contributed by atoms with van der Waals surface area (Å²) >= 11 is 0. The van der Waals surface area contributed by atoms with Crippen LogP contribution in [-0.2, 0) is 35.1 Å². The van der Waals surface area contributed by atoms with Gasteiger partial charge in [0, 0.05) is 19.3 Å². The fraction of sp³-hybridized carbons (Fsp3) is 0.630. The van der Waals surface area contributed by atoms with E-state index in [0.29, 0.717) is 18.4 Å². The van der Waals surface area contributed by atoms with Crippen molar-refractivity contribution in [1.82, 2.24) is 0 Å². The maximum absolute atomic E-state index is 12.7. The van der Waals surface area contributed by atoms with E-state index in [-0.39, 0.29) is 49.2 Å². The minimum atomic E-state index is -1.49. The van der Waals surface area contributed by atoms with E-state index in [2.05, 4.69) is 0 Å². The molecule has 1 aromatic carbocycles. The third-order valence-electron chi connectivity index (χ3n) is 5.89. The first-order chi connectivity index (χ1) is 17.0. The molecular formula is C27H41NO8. The van der Waals surface area contributed by atoms with Gasteiger partial charge in [-0.05, 0) is 30.5 Å². The van der Waals surface area contributed by atoms with E-state index in [1.807, 2.05) is 13.8 Å². The van der Waals surface area contributed by atoms with Gasteiger partial charge in [0.05, 0.1) is 25.6 Å². The van der Waals surface area contributed by atoms with Crippen molar-refractivity contribution >= 4 is 23.9 Å². The summed E-state index contributed by atoms with van der Waals surface area (Å²) in [4.78, 5) is 49.2. The molecular weight excluding hydrogens is 466 g/mol. The molecule has 9 nitrogen and oxygen atoms in total. The van der Waals surface area contributed by atoms with Gasteiger partial charge in [-0.2, -0.15) is 0 Å². The molecule has 0 amide bonds. The first-order valence-corrected chi connectivity index (χ1v) is 12.6. The summed E-state index contributed by atoms with van der Waals surface area (Å²) in [6.45, 7) is 9.10. The third kappa shape index (κ3) is 9.60. The van der Waals surface area contributed by atoms with Gasteiger partial charge in [-0.15, -0.1) is 0 Å². The maximum Gasteiger partial charge on any atom is 0.326 e. The summed E-state index contributed by atoms with van der Waals surface area (Å²) in [7, 11) is 1.23. The first kappa shape index (κ1) is 31.1. The lowest BCUT2D eigenvalue weighted by molar-refractivity contribution is -0.151. The maximum atomic E-state index is 12.7. The second kappa shape index (κ2) is 15.2. The Morgan fingerprint density at radius 2 is 1.47 bits per heavy atom. The highest BCUT2D eigenvalue weighted by molar-refractivity contribution is 5.81. The Bertz CT molecular complexity index is 900. The van der Waals surface area contributed by atoms with Crippen LogP contribution < -0.4 is 15.2 Å². The zero-order valence-electron chi connectivity index (χ0n) is 22.4. The van der Waals surface area contributed by atoms with Crippen LogP contribution in [-0.4, -0.2) is 43.1 Å². The third-order valence-corrected chi connectivity index (χ3v) is 5.89. The Hall–Kier alpha value is -2.94. The number of ether oxygens (including phenoxy) is 4. The Labute approximate surface area is 214 Å². The van der Waals surface area contributed by atoms with Gasteiger partial charge >= 0.3 is 23.9 Å². The topological polar surface area (TPSA) is 131 Å². The highest BCUT2D eigenvalue weighted by Crippen LogP contribution is 2.32. The lowest BCUT2D eigenvalue weighted by atomic mass is 9.88. The fourth-order valence-corrected chi connectivity index (χ4v) is 3.63. The van der Waals surface area contributed by atoms with E-state index in [4.69, 9.17) is 24.7 Å². The van der Waals surface area contributed by atoms with Crippen molar-refractivity contribution in [2.24, 2.45) is 17.6 Å². The smallest absolute Gasteiger partial charge is 0.326 e. The Balaban J connectivity index is 3.26. The van der Waals surface area contributed by atoms with Crippen LogP contribution in [0.5, 0.6) is 11.5 Å². The molecule has 2 unspecified atom stereocenters. The molecule has 0 aliphatic heterocycles. The van der Waals surface area contributed by atoms with Gasteiger partial charge < -0.3 is 24.7 Å². The molecule has 0 spiro atoms. The molecule has 36 heavy (non-hydrogen) atoms. The number of esters is 4. The molecule has 0 saturated carbocycles. The van der Waals surface area contributed by atoms with E-state index < -0.39 is 29.4 Å². The van der Waals surface area contributed by atoms with Crippen LogP contribution in [0.1, 0.15) is 78.7 Å². The van der Waals surface area contributed by atoms with E-state index in [1.165, 1.54) is 19.2 Å². The van der Waals surface area contributed by atoms with Crippen LogP contribution in [0.4, 0.5) is 0 Å². The van der Waals surface area contributed by atoms with E-state index >= 15 is 0 Å². The molecule has 0 saturated heterocycles. The number of rotatable bonds is 15. The van der Waals surface area contributed by atoms with Gasteiger partial charge in [0.15, 0.2) is 11.5 Å². The standard InChI is InChI=1S/C27H41NO8/c1-7-10-18(4)24(30)35-21-13-12-20(16-22(21)36-25(31)19(5)11-8-2)17-27(28,26(32)33-6)14-15-34-23(29)9-3/h12-13,16,18-19H,7-11,14-15,17,28H2,1-6H3/t18?,19?,27-/m1/s1. The van der Waals surface area contributed by atoms with Crippen LogP contribution in [0.15, 0.2) is 18.2 Å². The van der Waals surface area contributed by atoms with Gasteiger partial charge in [-0.3, -0.25) is 19.2 Å². The largest absolute Gasteiger partial charge is 0.468 e. The normalized spacial score (nSPS) is 14.2. The summed E-state index contributed by atoms with van der Waals surface area (Å²) in [5, 5.41) is 0. The number of methoxy groups -OCH3 is 1. The van der Waals surface area contributed by atoms with Gasteiger partial charge in [0.1, 0.15) is 5.54 Å². The van der Waals surface area contributed by atoms with E-state index in [0.717, 1.165) is 12.8 Å². The minimum Gasteiger partial charge on any atom is -0.468 e. The van der Waals surface area contributed by atoms with Crippen LogP contribution in [0.3, 0.4) is 0 Å². The van der Waals surface area contributed by atoms with Crippen molar-refractivity contribution in [2.45, 2.75) is 85.1 Å². The summed E-state index contributed by atoms with van der Waals surface area (Å²) in [5.41, 5.74) is 5.44.